The summed E-state index contributed by atoms with van der Waals surface area (Å²) in [6, 6.07) is 0. The summed E-state index contributed by atoms with van der Waals surface area (Å²) in [5, 5.41) is 6.77. The topological polar surface area (TPSA) is 77.8 Å². The summed E-state index contributed by atoms with van der Waals surface area (Å²) >= 11 is 1.57. The lowest BCUT2D eigenvalue weighted by Gasteiger charge is -1.87. The van der Waals surface area contributed by atoms with Crippen molar-refractivity contribution in [2.75, 3.05) is 6.54 Å². The molecule has 0 radical (unpaired) electrons. The van der Waals surface area contributed by atoms with E-state index < -0.39 is 0 Å². The highest BCUT2D eigenvalue weighted by Gasteiger charge is 2.10. The van der Waals surface area contributed by atoms with E-state index in [1.165, 1.54) is 0 Å². The largest absolute Gasteiger partial charge is 0.332 e. The predicted molar refractivity (Wildman–Crippen MR) is 57.5 cm³/mol. The van der Waals surface area contributed by atoms with Gasteiger partial charge in [0.2, 0.25) is 0 Å². The molecule has 2 rings (SSSR count). The van der Waals surface area contributed by atoms with Crippen LogP contribution in [0.15, 0.2) is 9.90 Å². The van der Waals surface area contributed by atoms with Gasteiger partial charge in [0.15, 0.2) is 5.82 Å². The van der Waals surface area contributed by atoms with Gasteiger partial charge in [-0.2, -0.15) is 4.98 Å². The molecule has 2 aromatic rings. The van der Waals surface area contributed by atoms with Gasteiger partial charge in [0.25, 0.3) is 5.89 Å². The number of nitrogens with zero attached hydrogens (tertiary/aromatic N) is 3. The molecule has 2 aromatic heterocycles. The Bertz CT molecular complexity index is 437. The Labute approximate surface area is 91.3 Å². The van der Waals surface area contributed by atoms with Crippen molar-refractivity contribution in [2.24, 2.45) is 5.73 Å². The Morgan fingerprint density at radius 3 is 3.00 bits per heavy atom. The van der Waals surface area contributed by atoms with Crippen LogP contribution in [-0.2, 0) is 6.42 Å². The number of rotatable bonds is 4. The van der Waals surface area contributed by atoms with Crippen molar-refractivity contribution in [3.8, 4) is 11.6 Å². The van der Waals surface area contributed by atoms with Crippen molar-refractivity contribution < 1.29 is 4.52 Å². The van der Waals surface area contributed by atoms with Gasteiger partial charge in [0, 0.05) is 11.8 Å². The zero-order valence-electron chi connectivity index (χ0n) is 8.43. The molecule has 0 unspecified atom stereocenters. The molecule has 0 fully saturated rings. The summed E-state index contributed by atoms with van der Waals surface area (Å²) in [6.07, 6.45) is 1.62. The first-order valence-corrected chi connectivity index (χ1v) is 5.62. The average Bonchev–Trinajstić information content (AvgIpc) is 2.83. The molecule has 0 saturated heterocycles. The van der Waals surface area contributed by atoms with E-state index in [9.17, 15) is 0 Å². The van der Waals surface area contributed by atoms with Crippen molar-refractivity contribution in [1.82, 2.24) is 15.1 Å². The van der Waals surface area contributed by atoms with Gasteiger partial charge in [0.05, 0.1) is 5.01 Å². The summed E-state index contributed by atoms with van der Waals surface area (Å²) in [5.74, 6) is 1.19. The van der Waals surface area contributed by atoms with Crippen LogP contribution in [0.25, 0.3) is 11.6 Å². The Morgan fingerprint density at radius 1 is 1.47 bits per heavy atom. The van der Waals surface area contributed by atoms with Gasteiger partial charge >= 0.3 is 0 Å². The van der Waals surface area contributed by atoms with Crippen LogP contribution in [0.4, 0.5) is 0 Å². The zero-order valence-corrected chi connectivity index (χ0v) is 9.25. The van der Waals surface area contributed by atoms with E-state index in [1.807, 2.05) is 12.3 Å². The molecule has 0 aromatic carbocycles. The van der Waals surface area contributed by atoms with Crippen molar-refractivity contribution >= 4 is 11.3 Å². The second-order valence-electron chi connectivity index (χ2n) is 3.16. The molecule has 5 nitrogen and oxygen atoms in total. The standard InChI is InChI=1S/C9H12N4OS/c1-6-11-7(5-15-6)9-12-8(13-14-9)3-2-4-10/h5H,2-4,10H2,1H3. The van der Waals surface area contributed by atoms with E-state index >= 15 is 0 Å². The molecule has 0 saturated carbocycles. The van der Waals surface area contributed by atoms with E-state index in [4.69, 9.17) is 10.3 Å². The van der Waals surface area contributed by atoms with Crippen LogP contribution < -0.4 is 5.73 Å². The van der Waals surface area contributed by atoms with Crippen molar-refractivity contribution in [2.45, 2.75) is 19.8 Å². The first-order chi connectivity index (χ1) is 7.29. The molecule has 80 valence electrons. The third-order valence-corrected chi connectivity index (χ3v) is 2.68. The van der Waals surface area contributed by atoms with E-state index in [0.29, 0.717) is 18.3 Å². The highest BCUT2D eigenvalue weighted by molar-refractivity contribution is 7.09. The molecule has 2 heterocycles. The monoisotopic (exact) mass is 224 g/mol. The molecular weight excluding hydrogens is 212 g/mol. The lowest BCUT2D eigenvalue weighted by atomic mass is 10.3. The minimum absolute atomic E-state index is 0.492. The number of thiazole rings is 1. The second-order valence-corrected chi connectivity index (χ2v) is 4.22. The molecule has 0 aliphatic heterocycles. The summed E-state index contributed by atoms with van der Waals surface area (Å²) in [6.45, 7) is 2.58. The Kier molecular flexibility index (Phi) is 3.08. The van der Waals surface area contributed by atoms with Crippen LogP contribution >= 0.6 is 11.3 Å². The van der Waals surface area contributed by atoms with E-state index in [0.717, 1.165) is 23.5 Å². The average molecular weight is 224 g/mol. The Hall–Kier alpha value is -1.27. The number of aromatic nitrogens is 3. The lowest BCUT2D eigenvalue weighted by molar-refractivity contribution is 0.421. The first kappa shape index (κ1) is 10.3. The Balaban J connectivity index is 2.13. The van der Waals surface area contributed by atoms with Gasteiger partial charge in [-0.3, -0.25) is 0 Å². The number of hydrogen-bond acceptors (Lipinski definition) is 6. The normalized spacial score (nSPS) is 10.8. The number of hydrogen-bond donors (Lipinski definition) is 1. The molecule has 0 aliphatic rings. The smallest absolute Gasteiger partial charge is 0.277 e. The van der Waals surface area contributed by atoms with Crippen molar-refractivity contribution in [1.29, 1.82) is 0 Å². The van der Waals surface area contributed by atoms with Gasteiger partial charge < -0.3 is 10.3 Å². The maximum Gasteiger partial charge on any atom is 0.277 e. The van der Waals surface area contributed by atoms with Gasteiger partial charge in [0.1, 0.15) is 5.69 Å². The third-order valence-electron chi connectivity index (χ3n) is 1.91. The summed E-state index contributed by atoms with van der Waals surface area (Å²) in [4.78, 5) is 8.51. The third kappa shape index (κ3) is 2.40. The highest BCUT2D eigenvalue weighted by Crippen LogP contribution is 2.19. The number of nitrogens with two attached hydrogens (primary N) is 1. The van der Waals surface area contributed by atoms with Crippen LogP contribution in [0, 0.1) is 6.92 Å². The van der Waals surface area contributed by atoms with Gasteiger partial charge in [-0.25, -0.2) is 4.98 Å². The summed E-state index contributed by atoms with van der Waals surface area (Å²) in [5.41, 5.74) is 6.15. The molecule has 0 bridgehead atoms. The predicted octanol–water partition coefficient (Wildman–Crippen LogP) is 1.39. The number of aryl methyl sites for hydroxylation is 2. The SMILES string of the molecule is Cc1nc(-c2nc(CCCN)no2)cs1. The highest BCUT2D eigenvalue weighted by atomic mass is 32.1. The molecule has 0 spiro atoms. The van der Waals surface area contributed by atoms with Crippen molar-refractivity contribution in [3.63, 3.8) is 0 Å². The zero-order chi connectivity index (χ0) is 10.7. The van der Waals surface area contributed by atoms with Crippen LogP contribution in [0.3, 0.4) is 0 Å². The minimum atomic E-state index is 0.492. The van der Waals surface area contributed by atoms with Gasteiger partial charge in [-0.1, -0.05) is 5.16 Å². The molecule has 6 heteroatoms. The minimum Gasteiger partial charge on any atom is -0.332 e. The van der Waals surface area contributed by atoms with E-state index in [-0.39, 0.29) is 0 Å². The summed E-state index contributed by atoms with van der Waals surface area (Å²) in [7, 11) is 0. The second kappa shape index (κ2) is 4.50. The fourth-order valence-electron chi connectivity index (χ4n) is 1.18. The quantitative estimate of drug-likeness (QED) is 0.849. The van der Waals surface area contributed by atoms with Gasteiger partial charge in [-0.15, -0.1) is 11.3 Å². The maximum absolute atomic E-state index is 5.40. The molecule has 0 atom stereocenters. The fraction of sp³-hybridized carbons (Fsp3) is 0.444. The Morgan fingerprint density at radius 2 is 2.33 bits per heavy atom. The van der Waals surface area contributed by atoms with Crippen LogP contribution in [0.1, 0.15) is 17.3 Å². The van der Waals surface area contributed by atoms with Crippen LogP contribution in [0.5, 0.6) is 0 Å². The van der Waals surface area contributed by atoms with Crippen molar-refractivity contribution in [3.05, 3.63) is 16.2 Å². The molecule has 15 heavy (non-hydrogen) atoms. The van der Waals surface area contributed by atoms with E-state index in [1.54, 1.807) is 11.3 Å². The fourth-order valence-corrected chi connectivity index (χ4v) is 1.77. The van der Waals surface area contributed by atoms with E-state index in [2.05, 4.69) is 15.1 Å². The molecule has 2 N–H and O–H groups in total. The molecule has 0 aliphatic carbocycles. The lowest BCUT2D eigenvalue weighted by Crippen LogP contribution is -2.01. The first-order valence-electron chi connectivity index (χ1n) is 4.75. The van der Waals surface area contributed by atoms with Gasteiger partial charge in [-0.05, 0) is 19.9 Å². The molecular formula is C9H12N4OS. The summed E-state index contributed by atoms with van der Waals surface area (Å²) < 4.78 is 5.10. The van der Waals surface area contributed by atoms with Crippen LogP contribution in [-0.4, -0.2) is 21.7 Å². The maximum atomic E-state index is 5.40. The van der Waals surface area contributed by atoms with Crippen LogP contribution in [0.2, 0.25) is 0 Å². The molecule has 0 amide bonds.